The molecule has 1 N–H and O–H groups in total. The van der Waals surface area contributed by atoms with E-state index in [9.17, 15) is 9.59 Å². The van der Waals surface area contributed by atoms with Crippen molar-refractivity contribution in [2.45, 2.75) is 31.5 Å². The Morgan fingerprint density at radius 3 is 2.87 bits per heavy atom. The number of carbonyl (C=O) groups excluding carboxylic acids is 1. The van der Waals surface area contributed by atoms with Crippen molar-refractivity contribution < 1.29 is 4.79 Å². The molecule has 1 aliphatic heterocycles. The SMILES string of the molecule is Cc1nnc(NC(=O)CC2CSc3nc4c(cnn4-c4ccccc4C)c(=O)n32)s1. The zero-order chi connectivity index (χ0) is 20.8. The quantitative estimate of drug-likeness (QED) is 0.487. The highest BCUT2D eigenvalue weighted by Gasteiger charge is 2.30. The van der Waals surface area contributed by atoms with Crippen LogP contribution in [0.1, 0.15) is 23.0 Å². The third-order valence-corrected chi connectivity index (χ3v) is 6.76. The molecule has 0 saturated heterocycles. The highest BCUT2D eigenvalue weighted by Crippen LogP contribution is 2.33. The number of thioether (sulfide) groups is 1. The van der Waals surface area contributed by atoms with E-state index in [0.29, 0.717) is 27.1 Å². The van der Waals surface area contributed by atoms with Crippen LogP contribution in [-0.2, 0) is 4.79 Å². The maximum absolute atomic E-state index is 13.2. The molecule has 5 rings (SSSR count). The molecule has 30 heavy (non-hydrogen) atoms. The van der Waals surface area contributed by atoms with Gasteiger partial charge in [0.15, 0.2) is 10.8 Å². The normalized spacial score (nSPS) is 15.5. The van der Waals surface area contributed by atoms with E-state index in [1.807, 2.05) is 38.1 Å². The summed E-state index contributed by atoms with van der Waals surface area (Å²) in [7, 11) is 0. The van der Waals surface area contributed by atoms with Crippen LogP contribution in [0.15, 0.2) is 40.4 Å². The first kappa shape index (κ1) is 18.9. The van der Waals surface area contributed by atoms with Crippen molar-refractivity contribution in [2.24, 2.45) is 0 Å². The zero-order valence-electron chi connectivity index (χ0n) is 16.2. The fourth-order valence-corrected chi connectivity index (χ4v) is 5.23. The minimum absolute atomic E-state index is 0.164. The number of fused-ring (bicyclic) bond motifs is 2. The van der Waals surface area contributed by atoms with E-state index >= 15 is 0 Å². The average Bonchev–Trinajstić information content (AvgIpc) is 3.42. The summed E-state index contributed by atoms with van der Waals surface area (Å²) in [5.41, 5.74) is 2.28. The number of amides is 1. The Bertz CT molecular complexity index is 1340. The van der Waals surface area contributed by atoms with E-state index in [1.165, 1.54) is 23.1 Å². The Balaban J connectivity index is 1.48. The fourth-order valence-electron chi connectivity index (χ4n) is 3.49. The highest BCUT2D eigenvalue weighted by molar-refractivity contribution is 7.99. The van der Waals surface area contributed by atoms with Crippen molar-refractivity contribution in [3.05, 3.63) is 51.4 Å². The first-order valence-corrected chi connectivity index (χ1v) is 11.1. The predicted octanol–water partition coefficient (Wildman–Crippen LogP) is 2.73. The number of benzene rings is 1. The molecule has 1 aromatic carbocycles. The number of nitrogens with one attached hydrogen (secondary N) is 1. The second kappa shape index (κ2) is 7.33. The molecule has 0 saturated carbocycles. The molecule has 1 amide bonds. The van der Waals surface area contributed by atoms with E-state index in [1.54, 1.807) is 15.4 Å². The number of para-hydroxylation sites is 1. The van der Waals surface area contributed by atoms with Gasteiger partial charge in [-0.05, 0) is 25.5 Å². The minimum Gasteiger partial charge on any atom is -0.300 e. The van der Waals surface area contributed by atoms with Gasteiger partial charge in [-0.25, -0.2) is 9.67 Å². The molecule has 11 heteroatoms. The third-order valence-electron chi connectivity index (χ3n) is 4.91. The molecule has 0 fully saturated rings. The third kappa shape index (κ3) is 3.19. The second-order valence-corrected chi connectivity index (χ2v) is 9.16. The van der Waals surface area contributed by atoms with Gasteiger partial charge in [0, 0.05) is 12.2 Å². The molecule has 9 nitrogen and oxygen atoms in total. The van der Waals surface area contributed by atoms with Crippen LogP contribution in [0.3, 0.4) is 0 Å². The number of rotatable bonds is 4. The van der Waals surface area contributed by atoms with Crippen LogP contribution in [0.2, 0.25) is 0 Å². The van der Waals surface area contributed by atoms with E-state index in [2.05, 4.69) is 20.6 Å². The summed E-state index contributed by atoms with van der Waals surface area (Å²) in [6, 6.07) is 7.55. The molecule has 1 aliphatic rings. The van der Waals surface area contributed by atoms with Gasteiger partial charge in [0.05, 0.1) is 17.9 Å². The lowest BCUT2D eigenvalue weighted by Crippen LogP contribution is -2.27. The Morgan fingerprint density at radius 1 is 1.27 bits per heavy atom. The van der Waals surface area contributed by atoms with Gasteiger partial charge < -0.3 is 5.32 Å². The first-order valence-electron chi connectivity index (χ1n) is 9.30. The van der Waals surface area contributed by atoms with Crippen LogP contribution < -0.4 is 10.9 Å². The Kier molecular flexibility index (Phi) is 4.63. The number of hydrogen-bond donors (Lipinski definition) is 1. The Hall–Kier alpha value is -3.05. The van der Waals surface area contributed by atoms with Crippen molar-refractivity contribution in [1.82, 2.24) is 29.5 Å². The lowest BCUT2D eigenvalue weighted by molar-refractivity contribution is -0.116. The lowest BCUT2D eigenvalue weighted by atomic mass is 10.2. The lowest BCUT2D eigenvalue weighted by Gasteiger charge is -2.13. The molecule has 4 heterocycles. The minimum atomic E-state index is -0.273. The maximum Gasteiger partial charge on any atom is 0.265 e. The van der Waals surface area contributed by atoms with Crippen LogP contribution in [-0.4, -0.2) is 41.2 Å². The molecular weight excluding hydrogens is 422 g/mol. The first-order chi connectivity index (χ1) is 14.5. The number of nitrogens with zero attached hydrogens (tertiary/aromatic N) is 6. The summed E-state index contributed by atoms with van der Waals surface area (Å²) in [5, 5.41) is 17.3. The number of aryl methyl sites for hydroxylation is 2. The van der Waals surface area contributed by atoms with Crippen molar-refractivity contribution in [1.29, 1.82) is 0 Å². The number of aromatic nitrogens is 6. The number of anilines is 1. The molecule has 1 atom stereocenters. The van der Waals surface area contributed by atoms with Gasteiger partial charge in [0.25, 0.3) is 5.56 Å². The highest BCUT2D eigenvalue weighted by atomic mass is 32.2. The average molecular weight is 440 g/mol. The van der Waals surface area contributed by atoms with Crippen LogP contribution >= 0.6 is 23.1 Å². The molecule has 4 aromatic rings. The maximum atomic E-state index is 13.2. The molecule has 0 spiro atoms. The van der Waals surface area contributed by atoms with Gasteiger partial charge >= 0.3 is 0 Å². The van der Waals surface area contributed by atoms with E-state index in [4.69, 9.17) is 4.98 Å². The van der Waals surface area contributed by atoms with Crippen LogP contribution in [0.25, 0.3) is 16.7 Å². The van der Waals surface area contributed by atoms with Gasteiger partial charge in [-0.2, -0.15) is 5.10 Å². The van der Waals surface area contributed by atoms with Gasteiger partial charge in [-0.15, -0.1) is 10.2 Å². The van der Waals surface area contributed by atoms with Crippen LogP contribution in [0.4, 0.5) is 5.13 Å². The topological polar surface area (TPSA) is 108 Å². The molecule has 0 aliphatic carbocycles. The standard InChI is InChI=1S/C19H17N7O2S2/c1-10-5-3-4-6-14(10)26-16-13(8-20-26)17(28)25-12(9-29-19(25)22-16)7-15(27)21-18-24-23-11(2)30-18/h3-6,8,12H,7,9H2,1-2H3,(H,21,24,27). The number of carbonyl (C=O) groups is 1. The van der Waals surface area contributed by atoms with E-state index in [0.717, 1.165) is 16.3 Å². The molecule has 0 radical (unpaired) electrons. The monoisotopic (exact) mass is 439 g/mol. The van der Waals surface area contributed by atoms with Gasteiger partial charge in [-0.3, -0.25) is 14.2 Å². The smallest absolute Gasteiger partial charge is 0.265 e. The van der Waals surface area contributed by atoms with Crippen LogP contribution in [0.5, 0.6) is 0 Å². The number of hydrogen-bond acceptors (Lipinski definition) is 8. The summed E-state index contributed by atoms with van der Waals surface area (Å²) in [5.74, 6) is 0.405. The molecule has 0 bridgehead atoms. The molecular formula is C19H17N7O2S2. The van der Waals surface area contributed by atoms with E-state index in [-0.39, 0.29) is 23.9 Å². The van der Waals surface area contributed by atoms with Crippen molar-refractivity contribution in [3.63, 3.8) is 0 Å². The predicted molar refractivity (Wildman–Crippen MR) is 116 cm³/mol. The summed E-state index contributed by atoms with van der Waals surface area (Å²) < 4.78 is 3.31. The molecule has 3 aromatic heterocycles. The van der Waals surface area contributed by atoms with Crippen molar-refractivity contribution >= 4 is 45.2 Å². The Morgan fingerprint density at radius 2 is 2.10 bits per heavy atom. The fraction of sp³-hybridized carbons (Fsp3) is 0.263. The van der Waals surface area contributed by atoms with Gasteiger partial charge in [0.1, 0.15) is 10.4 Å². The summed E-state index contributed by atoms with van der Waals surface area (Å²) in [6.45, 7) is 3.82. The second-order valence-electron chi connectivity index (χ2n) is 6.99. The largest absolute Gasteiger partial charge is 0.300 e. The van der Waals surface area contributed by atoms with E-state index < -0.39 is 0 Å². The van der Waals surface area contributed by atoms with Crippen molar-refractivity contribution in [2.75, 3.05) is 11.1 Å². The van der Waals surface area contributed by atoms with Gasteiger partial charge in [-0.1, -0.05) is 41.3 Å². The summed E-state index contributed by atoms with van der Waals surface area (Å²) in [6.07, 6.45) is 1.71. The summed E-state index contributed by atoms with van der Waals surface area (Å²) >= 11 is 2.79. The van der Waals surface area contributed by atoms with Crippen LogP contribution in [0, 0.1) is 13.8 Å². The molecule has 1 unspecified atom stereocenters. The Labute approximate surface area is 179 Å². The molecule has 152 valence electrons. The zero-order valence-corrected chi connectivity index (χ0v) is 17.8. The van der Waals surface area contributed by atoms with Crippen molar-refractivity contribution in [3.8, 4) is 5.69 Å². The van der Waals surface area contributed by atoms with Gasteiger partial charge in [0.2, 0.25) is 11.0 Å². The summed E-state index contributed by atoms with van der Waals surface area (Å²) in [4.78, 5) is 30.4.